The van der Waals surface area contributed by atoms with Gasteiger partial charge in [0.25, 0.3) is 0 Å². The normalized spacial score (nSPS) is 18.4. The van der Waals surface area contributed by atoms with Gasteiger partial charge in [0, 0.05) is 11.1 Å². The van der Waals surface area contributed by atoms with Gasteiger partial charge in [-0.1, -0.05) is 18.9 Å². The molecule has 0 spiro atoms. The summed E-state index contributed by atoms with van der Waals surface area (Å²) in [5, 5.41) is 0. The molecule has 1 aliphatic rings. The van der Waals surface area contributed by atoms with E-state index in [0.29, 0.717) is 16.2 Å². The maximum atomic E-state index is 14.4. The molecule has 0 aromatic heterocycles. The lowest BCUT2D eigenvalue weighted by Crippen LogP contribution is -2.34. The second-order valence-corrected chi connectivity index (χ2v) is 5.34. The lowest BCUT2D eigenvalue weighted by Gasteiger charge is -2.26. The van der Waals surface area contributed by atoms with Gasteiger partial charge in [-0.05, 0) is 25.2 Å². The van der Waals surface area contributed by atoms with Crippen LogP contribution in [-0.2, 0) is 5.54 Å². The van der Waals surface area contributed by atoms with Gasteiger partial charge in [0.05, 0.1) is 12.0 Å². The second kappa shape index (κ2) is 4.86. The summed E-state index contributed by atoms with van der Waals surface area (Å²) in [4.78, 5) is 0.557. The Balaban J connectivity index is 2.49. The van der Waals surface area contributed by atoms with Crippen LogP contribution < -0.4 is 10.5 Å². The van der Waals surface area contributed by atoms with Gasteiger partial charge in [-0.15, -0.1) is 11.8 Å². The molecule has 2 N–H and O–H groups in total. The molecule has 0 aliphatic heterocycles. The Kier molecular flexibility index (Phi) is 3.64. The molecule has 1 saturated carbocycles. The van der Waals surface area contributed by atoms with Crippen molar-refractivity contribution in [3.63, 3.8) is 0 Å². The first kappa shape index (κ1) is 12.7. The zero-order valence-electron chi connectivity index (χ0n) is 10.3. The molecule has 1 aliphatic carbocycles. The number of hydrogen-bond donors (Lipinski definition) is 1. The van der Waals surface area contributed by atoms with Crippen LogP contribution in [0.1, 0.15) is 31.2 Å². The van der Waals surface area contributed by atoms with Crippen LogP contribution in [0.2, 0.25) is 0 Å². The lowest BCUT2D eigenvalue weighted by molar-refractivity contribution is 0.386. The summed E-state index contributed by atoms with van der Waals surface area (Å²) in [6.45, 7) is 0. The minimum Gasteiger partial charge on any atom is -0.495 e. The quantitative estimate of drug-likeness (QED) is 0.842. The van der Waals surface area contributed by atoms with E-state index >= 15 is 0 Å². The Morgan fingerprint density at radius 3 is 2.53 bits per heavy atom. The molecule has 0 unspecified atom stereocenters. The average molecular weight is 255 g/mol. The predicted octanol–water partition coefficient (Wildman–Crippen LogP) is 3.28. The molecule has 1 fully saturated rings. The number of thioether (sulfide) groups is 1. The summed E-state index contributed by atoms with van der Waals surface area (Å²) in [5.41, 5.74) is 6.46. The molecule has 2 rings (SSSR count). The Morgan fingerprint density at radius 2 is 2.00 bits per heavy atom. The van der Waals surface area contributed by atoms with Crippen LogP contribution >= 0.6 is 11.8 Å². The lowest BCUT2D eigenvalue weighted by atomic mass is 9.89. The number of nitrogens with two attached hydrogens (primary N) is 1. The van der Waals surface area contributed by atoms with Crippen molar-refractivity contribution >= 4 is 11.8 Å². The van der Waals surface area contributed by atoms with Gasteiger partial charge in [-0.2, -0.15) is 0 Å². The highest BCUT2D eigenvalue weighted by Crippen LogP contribution is 2.41. The van der Waals surface area contributed by atoms with E-state index in [-0.39, 0.29) is 5.82 Å². The predicted molar refractivity (Wildman–Crippen MR) is 69.1 cm³/mol. The van der Waals surface area contributed by atoms with Crippen LogP contribution in [0.5, 0.6) is 5.75 Å². The topological polar surface area (TPSA) is 35.2 Å². The molecule has 17 heavy (non-hydrogen) atoms. The van der Waals surface area contributed by atoms with E-state index in [0.717, 1.165) is 25.7 Å². The van der Waals surface area contributed by atoms with Crippen molar-refractivity contribution < 1.29 is 9.13 Å². The van der Waals surface area contributed by atoms with Crippen LogP contribution in [0, 0.1) is 5.82 Å². The Morgan fingerprint density at radius 1 is 1.35 bits per heavy atom. The minimum absolute atomic E-state index is 0.207. The fourth-order valence-electron chi connectivity index (χ4n) is 2.55. The van der Waals surface area contributed by atoms with Crippen molar-refractivity contribution in [2.75, 3.05) is 13.4 Å². The van der Waals surface area contributed by atoms with E-state index < -0.39 is 5.54 Å². The third-order valence-electron chi connectivity index (χ3n) is 3.52. The molecule has 2 nitrogen and oxygen atoms in total. The summed E-state index contributed by atoms with van der Waals surface area (Å²) < 4.78 is 19.6. The summed E-state index contributed by atoms with van der Waals surface area (Å²) in [7, 11) is 1.56. The van der Waals surface area contributed by atoms with Crippen LogP contribution in [-0.4, -0.2) is 13.4 Å². The van der Waals surface area contributed by atoms with Crippen molar-refractivity contribution in [3.05, 3.63) is 23.5 Å². The molecule has 0 amide bonds. The number of ether oxygens (including phenoxy) is 1. The SMILES string of the molecule is COc1ccc(C2(N)CCCC2)c(F)c1SC. The largest absolute Gasteiger partial charge is 0.495 e. The maximum Gasteiger partial charge on any atom is 0.145 e. The van der Waals surface area contributed by atoms with Gasteiger partial charge in [0.1, 0.15) is 11.6 Å². The number of methoxy groups -OCH3 is 1. The number of benzene rings is 1. The molecule has 1 aromatic carbocycles. The summed E-state index contributed by atoms with van der Waals surface area (Å²) in [6, 6.07) is 3.59. The van der Waals surface area contributed by atoms with E-state index in [1.807, 2.05) is 12.3 Å². The van der Waals surface area contributed by atoms with Gasteiger partial charge in [-0.3, -0.25) is 0 Å². The highest BCUT2D eigenvalue weighted by atomic mass is 32.2. The molecule has 0 radical (unpaired) electrons. The van der Waals surface area contributed by atoms with Crippen LogP contribution in [0.3, 0.4) is 0 Å². The molecule has 94 valence electrons. The molecular weight excluding hydrogens is 237 g/mol. The number of rotatable bonds is 3. The monoisotopic (exact) mass is 255 g/mol. The van der Waals surface area contributed by atoms with Crippen molar-refractivity contribution in [1.82, 2.24) is 0 Å². The summed E-state index contributed by atoms with van der Waals surface area (Å²) >= 11 is 1.36. The maximum absolute atomic E-state index is 14.4. The third kappa shape index (κ3) is 2.16. The van der Waals surface area contributed by atoms with Gasteiger partial charge in [0.15, 0.2) is 0 Å². The Bertz CT molecular complexity index is 416. The standard InChI is InChI=1S/C13H18FNOS/c1-16-10-6-5-9(11(14)12(10)17-2)13(15)7-3-4-8-13/h5-6H,3-4,7-8,15H2,1-2H3. The zero-order valence-corrected chi connectivity index (χ0v) is 11.1. The first-order valence-electron chi connectivity index (χ1n) is 5.82. The average Bonchev–Trinajstić information content (AvgIpc) is 2.76. The minimum atomic E-state index is -0.485. The molecule has 0 atom stereocenters. The van der Waals surface area contributed by atoms with Crippen molar-refractivity contribution in [2.45, 2.75) is 36.1 Å². The van der Waals surface area contributed by atoms with Crippen molar-refractivity contribution in [3.8, 4) is 5.75 Å². The molecule has 0 bridgehead atoms. The van der Waals surface area contributed by atoms with Gasteiger partial charge in [0.2, 0.25) is 0 Å². The van der Waals surface area contributed by atoms with Gasteiger partial charge >= 0.3 is 0 Å². The van der Waals surface area contributed by atoms with Gasteiger partial charge < -0.3 is 10.5 Å². The van der Waals surface area contributed by atoms with E-state index in [1.165, 1.54) is 11.8 Å². The highest BCUT2D eigenvalue weighted by Gasteiger charge is 2.34. The zero-order chi connectivity index (χ0) is 12.5. The first-order valence-corrected chi connectivity index (χ1v) is 7.04. The van der Waals surface area contributed by atoms with E-state index in [1.54, 1.807) is 13.2 Å². The van der Waals surface area contributed by atoms with Crippen LogP contribution in [0.25, 0.3) is 0 Å². The van der Waals surface area contributed by atoms with E-state index in [4.69, 9.17) is 10.5 Å². The van der Waals surface area contributed by atoms with Crippen LogP contribution in [0.15, 0.2) is 17.0 Å². The summed E-state index contributed by atoms with van der Waals surface area (Å²) in [6.07, 6.45) is 5.74. The Labute approximate surface area is 106 Å². The fraction of sp³-hybridized carbons (Fsp3) is 0.538. The molecule has 1 aromatic rings. The second-order valence-electron chi connectivity index (χ2n) is 4.53. The number of halogens is 1. The van der Waals surface area contributed by atoms with Crippen LogP contribution in [0.4, 0.5) is 4.39 Å². The summed E-state index contributed by atoms with van der Waals surface area (Å²) in [5.74, 6) is 0.376. The van der Waals surface area contributed by atoms with E-state index in [2.05, 4.69) is 0 Å². The molecule has 0 heterocycles. The number of hydrogen-bond acceptors (Lipinski definition) is 3. The van der Waals surface area contributed by atoms with E-state index in [9.17, 15) is 4.39 Å². The third-order valence-corrected chi connectivity index (χ3v) is 4.31. The Hall–Kier alpha value is -0.740. The highest BCUT2D eigenvalue weighted by molar-refractivity contribution is 7.98. The molecule has 4 heteroatoms. The first-order chi connectivity index (χ1) is 8.12. The molecule has 0 saturated heterocycles. The van der Waals surface area contributed by atoms with Crippen molar-refractivity contribution in [2.24, 2.45) is 5.73 Å². The van der Waals surface area contributed by atoms with Crippen molar-refractivity contribution in [1.29, 1.82) is 0 Å². The smallest absolute Gasteiger partial charge is 0.145 e. The molecular formula is C13H18FNOS. The fourth-order valence-corrected chi connectivity index (χ4v) is 3.19. The van der Waals surface area contributed by atoms with Gasteiger partial charge in [-0.25, -0.2) is 4.39 Å².